The highest BCUT2D eigenvalue weighted by molar-refractivity contribution is 6.31. The molecule has 10 nitrogen and oxygen atoms in total. The van der Waals surface area contributed by atoms with Crippen molar-refractivity contribution in [3.63, 3.8) is 0 Å². The van der Waals surface area contributed by atoms with Gasteiger partial charge in [0.15, 0.2) is 5.69 Å². The van der Waals surface area contributed by atoms with Gasteiger partial charge in [0.05, 0.1) is 29.5 Å². The Morgan fingerprint density at radius 2 is 2.00 bits per heavy atom. The molecule has 168 valence electrons. The van der Waals surface area contributed by atoms with Crippen LogP contribution in [0.4, 0.5) is 10.2 Å². The SMILES string of the molecule is Cc1onc(C(=O)N2CCN(Cc3ccc(F)cc3Cl)CC2)c1Cn1ccc([N+](=O)[O-])n1. The second kappa shape index (κ2) is 9.05. The van der Waals surface area contributed by atoms with Gasteiger partial charge >= 0.3 is 5.82 Å². The fourth-order valence-electron chi connectivity index (χ4n) is 3.59. The van der Waals surface area contributed by atoms with Crippen LogP contribution in [-0.2, 0) is 13.1 Å². The fourth-order valence-corrected chi connectivity index (χ4v) is 3.82. The van der Waals surface area contributed by atoms with E-state index >= 15 is 0 Å². The Labute approximate surface area is 187 Å². The van der Waals surface area contributed by atoms with E-state index in [1.807, 2.05) is 0 Å². The molecule has 1 aromatic carbocycles. The molecule has 3 aromatic rings. The summed E-state index contributed by atoms with van der Waals surface area (Å²) in [5.41, 5.74) is 1.54. The number of piperazine rings is 1. The number of carbonyl (C=O) groups is 1. The van der Waals surface area contributed by atoms with Crippen molar-refractivity contribution in [2.24, 2.45) is 0 Å². The van der Waals surface area contributed by atoms with E-state index in [1.54, 1.807) is 17.9 Å². The number of nitrogens with zero attached hydrogens (tertiary/aromatic N) is 6. The maximum absolute atomic E-state index is 13.2. The molecule has 0 N–H and O–H groups in total. The van der Waals surface area contributed by atoms with Crippen molar-refractivity contribution in [1.82, 2.24) is 24.7 Å². The predicted octanol–water partition coefficient (Wildman–Crippen LogP) is 2.89. The van der Waals surface area contributed by atoms with Gasteiger partial charge in [-0.1, -0.05) is 22.8 Å². The first-order valence-corrected chi connectivity index (χ1v) is 10.3. The minimum Gasteiger partial charge on any atom is -0.361 e. The van der Waals surface area contributed by atoms with Crippen molar-refractivity contribution in [1.29, 1.82) is 0 Å². The average molecular weight is 463 g/mol. The first-order chi connectivity index (χ1) is 15.3. The molecule has 1 fully saturated rings. The Kier molecular flexibility index (Phi) is 6.19. The molecule has 12 heteroatoms. The summed E-state index contributed by atoms with van der Waals surface area (Å²) >= 11 is 6.12. The average Bonchev–Trinajstić information content (AvgIpc) is 3.38. The lowest BCUT2D eigenvalue weighted by Gasteiger charge is -2.34. The van der Waals surface area contributed by atoms with Gasteiger partial charge in [-0.25, -0.2) is 4.39 Å². The molecule has 32 heavy (non-hydrogen) atoms. The van der Waals surface area contributed by atoms with Crippen LogP contribution in [0.25, 0.3) is 0 Å². The van der Waals surface area contributed by atoms with Crippen LogP contribution in [0.15, 0.2) is 35.0 Å². The third-order valence-corrected chi connectivity index (χ3v) is 5.74. The predicted molar refractivity (Wildman–Crippen MR) is 112 cm³/mol. The summed E-state index contributed by atoms with van der Waals surface area (Å²) in [6, 6.07) is 5.62. The van der Waals surface area contributed by atoms with E-state index in [0.29, 0.717) is 49.1 Å². The Morgan fingerprint density at radius 1 is 1.25 bits per heavy atom. The van der Waals surface area contributed by atoms with E-state index in [9.17, 15) is 19.3 Å². The molecule has 3 heterocycles. The van der Waals surface area contributed by atoms with Crippen LogP contribution in [0.3, 0.4) is 0 Å². The molecule has 1 amide bonds. The van der Waals surface area contributed by atoms with Gasteiger partial charge in [0, 0.05) is 37.7 Å². The van der Waals surface area contributed by atoms with Crippen LogP contribution in [0.1, 0.15) is 27.4 Å². The maximum atomic E-state index is 13.2. The smallest absolute Gasteiger partial charge is 0.361 e. The second-order valence-corrected chi connectivity index (χ2v) is 7.91. The summed E-state index contributed by atoms with van der Waals surface area (Å²) in [7, 11) is 0. The molecular formula is C20H20ClFN6O4. The number of amides is 1. The molecule has 2 aromatic heterocycles. The van der Waals surface area contributed by atoms with Crippen molar-refractivity contribution < 1.29 is 18.6 Å². The largest absolute Gasteiger partial charge is 0.389 e. The van der Waals surface area contributed by atoms with Crippen LogP contribution in [0.2, 0.25) is 5.02 Å². The highest BCUT2D eigenvalue weighted by atomic mass is 35.5. The molecule has 1 saturated heterocycles. The molecule has 0 bridgehead atoms. The number of aromatic nitrogens is 3. The fraction of sp³-hybridized carbons (Fsp3) is 0.350. The molecule has 0 radical (unpaired) electrons. The van der Waals surface area contributed by atoms with Crippen LogP contribution in [0, 0.1) is 22.9 Å². The lowest BCUT2D eigenvalue weighted by molar-refractivity contribution is -0.389. The number of hydrogen-bond donors (Lipinski definition) is 0. The number of nitro groups is 1. The molecule has 4 rings (SSSR count). The third-order valence-electron chi connectivity index (χ3n) is 5.39. The lowest BCUT2D eigenvalue weighted by atomic mass is 10.1. The van der Waals surface area contributed by atoms with Crippen molar-refractivity contribution in [3.8, 4) is 0 Å². The van der Waals surface area contributed by atoms with Crippen molar-refractivity contribution in [2.45, 2.75) is 20.0 Å². The monoisotopic (exact) mass is 462 g/mol. The van der Waals surface area contributed by atoms with E-state index in [4.69, 9.17) is 16.1 Å². The summed E-state index contributed by atoms with van der Waals surface area (Å²) in [4.78, 5) is 27.2. The van der Waals surface area contributed by atoms with Crippen LogP contribution in [-0.4, -0.2) is 61.7 Å². The zero-order chi connectivity index (χ0) is 22.8. The van der Waals surface area contributed by atoms with Crippen LogP contribution in [0.5, 0.6) is 0 Å². The molecule has 1 aliphatic heterocycles. The summed E-state index contributed by atoms with van der Waals surface area (Å²) in [6.45, 7) is 4.59. The van der Waals surface area contributed by atoms with Crippen molar-refractivity contribution in [3.05, 3.63) is 74.0 Å². The first-order valence-electron chi connectivity index (χ1n) is 9.90. The molecular weight excluding hydrogens is 443 g/mol. The Bertz CT molecular complexity index is 1150. The van der Waals surface area contributed by atoms with Gasteiger partial charge in [0.1, 0.15) is 11.6 Å². The van der Waals surface area contributed by atoms with Gasteiger partial charge in [-0.2, -0.15) is 4.68 Å². The van der Waals surface area contributed by atoms with Gasteiger partial charge in [-0.3, -0.25) is 9.69 Å². The van der Waals surface area contributed by atoms with Crippen molar-refractivity contribution in [2.75, 3.05) is 26.2 Å². The van der Waals surface area contributed by atoms with E-state index in [0.717, 1.165) is 5.56 Å². The standard InChI is InChI=1S/C20H20ClFN6O4/c1-13-16(12-27-5-4-18(23-27)28(30)31)19(24-32-13)20(29)26-8-6-25(7-9-26)11-14-2-3-15(22)10-17(14)21/h2-5,10H,6-9,11-12H2,1H3. The number of aryl methyl sites for hydroxylation is 1. The lowest BCUT2D eigenvalue weighted by Crippen LogP contribution is -2.48. The summed E-state index contributed by atoms with van der Waals surface area (Å²) in [5, 5.41) is 19.0. The minimum atomic E-state index is -0.582. The van der Waals surface area contributed by atoms with Gasteiger partial charge in [-0.15, -0.1) is 0 Å². The zero-order valence-corrected chi connectivity index (χ0v) is 18.0. The Hall–Kier alpha value is -3.31. The van der Waals surface area contributed by atoms with Crippen LogP contribution < -0.4 is 0 Å². The number of rotatable bonds is 6. The first kappa shape index (κ1) is 21.9. The molecule has 0 saturated carbocycles. The van der Waals surface area contributed by atoms with Gasteiger partial charge < -0.3 is 19.5 Å². The quantitative estimate of drug-likeness (QED) is 0.409. The van der Waals surface area contributed by atoms with Gasteiger partial charge in [-0.05, 0) is 29.5 Å². The number of carbonyl (C=O) groups excluding carboxylic acids is 1. The van der Waals surface area contributed by atoms with E-state index < -0.39 is 4.92 Å². The molecule has 0 aliphatic carbocycles. The summed E-state index contributed by atoms with van der Waals surface area (Å²) in [6.07, 6.45) is 1.47. The highest BCUT2D eigenvalue weighted by Crippen LogP contribution is 2.21. The van der Waals surface area contributed by atoms with Crippen LogP contribution >= 0.6 is 11.6 Å². The number of halogens is 2. The highest BCUT2D eigenvalue weighted by Gasteiger charge is 2.28. The minimum absolute atomic E-state index is 0.132. The topological polar surface area (TPSA) is 111 Å². The summed E-state index contributed by atoms with van der Waals surface area (Å²) < 4.78 is 19.8. The van der Waals surface area contributed by atoms with Crippen molar-refractivity contribution >= 4 is 23.3 Å². The van der Waals surface area contributed by atoms with E-state index in [-0.39, 0.29) is 29.8 Å². The molecule has 0 atom stereocenters. The number of benzene rings is 1. The molecule has 0 spiro atoms. The molecule has 1 aliphatic rings. The summed E-state index contributed by atoms with van der Waals surface area (Å²) in [5.74, 6) is -0.462. The maximum Gasteiger partial charge on any atom is 0.389 e. The van der Waals surface area contributed by atoms with Gasteiger partial charge in [0.25, 0.3) is 5.91 Å². The van der Waals surface area contributed by atoms with E-state index in [2.05, 4.69) is 15.2 Å². The molecule has 0 unspecified atom stereocenters. The Morgan fingerprint density at radius 3 is 2.66 bits per heavy atom. The van der Waals surface area contributed by atoms with E-state index in [1.165, 1.54) is 29.1 Å². The van der Waals surface area contributed by atoms with Gasteiger partial charge in [0.2, 0.25) is 0 Å². The Balaban J connectivity index is 1.40. The normalized spacial score (nSPS) is 14.7. The number of hydrogen-bond acceptors (Lipinski definition) is 7. The third kappa shape index (κ3) is 4.63. The second-order valence-electron chi connectivity index (χ2n) is 7.50. The zero-order valence-electron chi connectivity index (χ0n) is 17.2.